The van der Waals surface area contributed by atoms with Crippen LogP contribution >= 0.6 is 0 Å². The predicted molar refractivity (Wildman–Crippen MR) is 174 cm³/mol. The second-order valence-electron chi connectivity index (χ2n) is 11.4. The third-order valence-corrected chi connectivity index (χ3v) is 7.82. The number of fused-ring (bicyclic) bond motifs is 1. The molecule has 12 heteroatoms. The largest absolute Gasteiger partial charge is 0.416 e. The van der Waals surface area contributed by atoms with E-state index in [2.05, 4.69) is 10.6 Å². The third kappa shape index (κ3) is 7.12. The molecule has 1 aromatic heterocycles. The Hall–Kier alpha value is -5.23. The molecule has 2 unspecified atom stereocenters. The summed E-state index contributed by atoms with van der Waals surface area (Å²) in [4.78, 5) is 44.0. The van der Waals surface area contributed by atoms with E-state index in [-0.39, 0.29) is 18.0 Å². The molecule has 2 heterocycles. The number of aromatic nitrogens is 2. The summed E-state index contributed by atoms with van der Waals surface area (Å²) in [5.74, 6) is -1.90. The van der Waals surface area contributed by atoms with E-state index in [4.69, 9.17) is 5.10 Å². The number of halogens is 3. The number of carbonyl (C=O) groups is 3. The fraction of sp³-hybridized carbons (Fsp3) is 0.257. The molecule has 5 rings (SSSR count). The van der Waals surface area contributed by atoms with E-state index in [1.807, 2.05) is 56.3 Å². The Morgan fingerprint density at radius 1 is 1.00 bits per heavy atom. The Morgan fingerprint density at radius 2 is 1.72 bits per heavy atom. The summed E-state index contributed by atoms with van der Waals surface area (Å²) < 4.78 is 42.1. The Kier molecular flexibility index (Phi) is 9.61. The van der Waals surface area contributed by atoms with Gasteiger partial charge in [0.25, 0.3) is 11.8 Å². The molecule has 0 saturated heterocycles. The van der Waals surface area contributed by atoms with Crippen LogP contribution in [0.1, 0.15) is 45.6 Å². The molecule has 3 aromatic carbocycles. The van der Waals surface area contributed by atoms with Gasteiger partial charge in [0.1, 0.15) is 11.9 Å². The summed E-state index contributed by atoms with van der Waals surface area (Å²) in [6, 6.07) is 19.1. The van der Waals surface area contributed by atoms with Gasteiger partial charge in [-0.1, -0.05) is 42.5 Å². The summed E-state index contributed by atoms with van der Waals surface area (Å²) in [6.07, 6.45) is -1.49. The molecule has 2 atom stereocenters. The van der Waals surface area contributed by atoms with Crippen molar-refractivity contribution in [2.75, 3.05) is 37.4 Å². The van der Waals surface area contributed by atoms with Gasteiger partial charge < -0.3 is 15.5 Å². The van der Waals surface area contributed by atoms with Gasteiger partial charge in [-0.25, -0.2) is 4.68 Å². The zero-order valence-electron chi connectivity index (χ0n) is 26.4. The van der Waals surface area contributed by atoms with Gasteiger partial charge in [0.2, 0.25) is 5.91 Å². The highest BCUT2D eigenvalue weighted by Crippen LogP contribution is 2.44. The molecule has 1 aliphatic heterocycles. The lowest BCUT2D eigenvalue weighted by Gasteiger charge is -2.38. The number of aryl methyl sites for hydroxylation is 1. The summed E-state index contributed by atoms with van der Waals surface area (Å²) in [5.41, 5.74) is 1.83. The molecule has 244 valence electrons. The maximum absolute atomic E-state index is 14.3. The summed E-state index contributed by atoms with van der Waals surface area (Å²) in [6.45, 7) is 4.42. The molecule has 9 nitrogen and oxygen atoms in total. The minimum Gasteiger partial charge on any atom is -0.339 e. The standard InChI is InChI=1S/C35H35F3N6O3/c1-5-43-33-29(22(2)41-44(33)27-16-7-6-8-17-27)30(23-12-10-15-26(21-23)39-28(45)18-11-19-42(3)4)31(34(43)47)40-32(46)24-13-9-14-25(20-24)35(36,37)38/h6-18,20-21,30-31H,5,19H2,1-4H3,(H,39,45)(H,40,46)/b18-11+. The first-order valence-electron chi connectivity index (χ1n) is 15.1. The number of anilines is 2. The fourth-order valence-corrected chi connectivity index (χ4v) is 5.72. The molecular weight excluding hydrogens is 609 g/mol. The first-order valence-corrected chi connectivity index (χ1v) is 15.1. The first-order chi connectivity index (χ1) is 22.4. The molecule has 0 bridgehead atoms. The molecule has 0 aliphatic carbocycles. The molecule has 0 radical (unpaired) electrons. The highest BCUT2D eigenvalue weighted by molar-refractivity contribution is 6.05. The lowest BCUT2D eigenvalue weighted by atomic mass is 9.81. The van der Waals surface area contributed by atoms with Crippen LogP contribution in [0.4, 0.5) is 24.7 Å². The van der Waals surface area contributed by atoms with Crippen molar-refractivity contribution < 1.29 is 27.6 Å². The van der Waals surface area contributed by atoms with Gasteiger partial charge >= 0.3 is 6.18 Å². The van der Waals surface area contributed by atoms with Crippen molar-refractivity contribution in [3.8, 4) is 5.69 Å². The van der Waals surface area contributed by atoms with Crippen LogP contribution in [-0.2, 0) is 15.8 Å². The number of nitrogens with one attached hydrogen (secondary N) is 2. The number of rotatable bonds is 9. The Balaban J connectivity index is 1.61. The number of likely N-dealkylation sites (N-methyl/N-ethyl adjacent to an activating group) is 2. The molecule has 1 aliphatic rings. The van der Waals surface area contributed by atoms with Gasteiger partial charge in [0, 0.05) is 41.9 Å². The van der Waals surface area contributed by atoms with E-state index >= 15 is 0 Å². The average Bonchev–Trinajstić information content (AvgIpc) is 3.37. The van der Waals surface area contributed by atoms with Gasteiger partial charge in [0.15, 0.2) is 0 Å². The van der Waals surface area contributed by atoms with E-state index in [1.54, 1.807) is 41.9 Å². The van der Waals surface area contributed by atoms with Crippen molar-refractivity contribution >= 4 is 29.2 Å². The van der Waals surface area contributed by atoms with Crippen molar-refractivity contribution in [3.05, 3.63) is 119 Å². The maximum atomic E-state index is 14.3. The molecule has 4 aromatic rings. The van der Waals surface area contributed by atoms with Crippen molar-refractivity contribution in [2.24, 2.45) is 0 Å². The van der Waals surface area contributed by atoms with Crippen molar-refractivity contribution in [1.82, 2.24) is 20.0 Å². The van der Waals surface area contributed by atoms with Crippen molar-refractivity contribution in [2.45, 2.75) is 32.0 Å². The number of hydrogen-bond donors (Lipinski definition) is 2. The number of para-hydroxylation sites is 1. The van der Waals surface area contributed by atoms with Crippen LogP contribution in [0.25, 0.3) is 5.69 Å². The van der Waals surface area contributed by atoms with Crippen LogP contribution in [0, 0.1) is 6.92 Å². The lowest BCUT2D eigenvalue weighted by molar-refractivity contribution is -0.137. The fourth-order valence-electron chi connectivity index (χ4n) is 5.72. The SMILES string of the molecule is CCN1C(=O)C(NC(=O)c2cccc(C(F)(F)F)c2)C(c2cccc(NC(=O)/C=C/CN(C)C)c2)c2c(C)nn(-c3ccccc3)c21. The highest BCUT2D eigenvalue weighted by atomic mass is 19.4. The Bertz CT molecular complexity index is 1820. The normalized spacial score (nSPS) is 16.4. The number of nitrogens with zero attached hydrogens (tertiary/aromatic N) is 4. The van der Waals surface area contributed by atoms with Crippen LogP contribution < -0.4 is 15.5 Å². The second kappa shape index (κ2) is 13.6. The Labute approximate surface area is 270 Å². The van der Waals surface area contributed by atoms with E-state index in [0.717, 1.165) is 23.9 Å². The van der Waals surface area contributed by atoms with Crippen LogP contribution in [0.2, 0.25) is 0 Å². The quantitative estimate of drug-likeness (QED) is 0.233. The molecule has 47 heavy (non-hydrogen) atoms. The van der Waals surface area contributed by atoms with Crippen LogP contribution in [0.3, 0.4) is 0 Å². The third-order valence-electron chi connectivity index (χ3n) is 7.82. The highest BCUT2D eigenvalue weighted by Gasteiger charge is 2.45. The molecule has 3 amide bonds. The molecule has 0 spiro atoms. The van der Waals surface area contributed by atoms with Gasteiger partial charge in [0.05, 0.1) is 16.9 Å². The second-order valence-corrected chi connectivity index (χ2v) is 11.4. The zero-order valence-corrected chi connectivity index (χ0v) is 26.4. The number of benzene rings is 3. The topological polar surface area (TPSA) is 99.6 Å². The number of amides is 3. The number of carbonyl (C=O) groups excluding carboxylic acids is 3. The van der Waals surface area contributed by atoms with E-state index in [1.165, 1.54) is 17.0 Å². The van der Waals surface area contributed by atoms with E-state index in [9.17, 15) is 27.6 Å². The maximum Gasteiger partial charge on any atom is 0.416 e. The molecular formula is C35H35F3N6O3. The van der Waals surface area contributed by atoms with Gasteiger partial charge in [-0.15, -0.1) is 0 Å². The minimum absolute atomic E-state index is 0.234. The average molecular weight is 645 g/mol. The van der Waals surface area contributed by atoms with Gasteiger partial charge in [-0.05, 0) is 76.0 Å². The van der Waals surface area contributed by atoms with Gasteiger partial charge in [-0.2, -0.15) is 18.3 Å². The molecule has 2 N–H and O–H groups in total. The zero-order chi connectivity index (χ0) is 33.9. The lowest BCUT2D eigenvalue weighted by Crippen LogP contribution is -2.55. The summed E-state index contributed by atoms with van der Waals surface area (Å²) in [7, 11) is 3.77. The summed E-state index contributed by atoms with van der Waals surface area (Å²) >= 11 is 0. The predicted octanol–water partition coefficient (Wildman–Crippen LogP) is 5.55. The molecule has 0 fully saturated rings. The number of alkyl halides is 3. The van der Waals surface area contributed by atoms with Gasteiger partial charge in [-0.3, -0.25) is 19.3 Å². The summed E-state index contributed by atoms with van der Waals surface area (Å²) in [5, 5.41) is 10.4. The number of hydrogen-bond acceptors (Lipinski definition) is 5. The van der Waals surface area contributed by atoms with Crippen molar-refractivity contribution in [1.29, 1.82) is 0 Å². The molecule has 0 saturated carbocycles. The van der Waals surface area contributed by atoms with Crippen LogP contribution in [-0.4, -0.2) is 65.6 Å². The van der Waals surface area contributed by atoms with E-state index in [0.29, 0.717) is 34.9 Å². The Morgan fingerprint density at radius 3 is 2.40 bits per heavy atom. The smallest absolute Gasteiger partial charge is 0.339 e. The first kappa shape index (κ1) is 33.1. The van der Waals surface area contributed by atoms with Crippen molar-refractivity contribution in [3.63, 3.8) is 0 Å². The van der Waals surface area contributed by atoms with Crippen LogP contribution in [0.15, 0.2) is 91.0 Å². The minimum atomic E-state index is -4.65. The monoisotopic (exact) mass is 644 g/mol. The van der Waals surface area contributed by atoms with E-state index < -0.39 is 35.5 Å². The van der Waals surface area contributed by atoms with Crippen LogP contribution in [0.5, 0.6) is 0 Å².